The van der Waals surface area contributed by atoms with E-state index in [1.807, 2.05) is 0 Å². The van der Waals surface area contributed by atoms with Crippen LogP contribution in [0.15, 0.2) is 18.3 Å². The highest BCUT2D eigenvalue weighted by Gasteiger charge is 2.13. The monoisotopic (exact) mass is 268 g/mol. The van der Waals surface area contributed by atoms with Crippen molar-refractivity contribution in [3.05, 3.63) is 23.4 Å². The van der Waals surface area contributed by atoms with Crippen molar-refractivity contribution in [2.45, 2.75) is 6.42 Å². The highest BCUT2D eigenvalue weighted by molar-refractivity contribution is 6.30. The van der Waals surface area contributed by atoms with Crippen molar-refractivity contribution in [3.8, 4) is 0 Å². The third-order valence-corrected chi connectivity index (χ3v) is 3.02. The Kier molecular flexibility index (Phi) is 4.92. The molecular weight excluding hydrogens is 252 g/mol. The number of amides is 1. The number of carbonyl (C=O) groups excluding carboxylic acids is 1. The molecule has 6 heteroatoms. The molecule has 1 aliphatic heterocycles. The highest BCUT2D eigenvalue weighted by atomic mass is 35.5. The van der Waals surface area contributed by atoms with Gasteiger partial charge in [-0.2, -0.15) is 0 Å². The van der Waals surface area contributed by atoms with Crippen molar-refractivity contribution in [3.63, 3.8) is 0 Å². The molecule has 18 heavy (non-hydrogen) atoms. The average molecular weight is 269 g/mol. The van der Waals surface area contributed by atoms with Crippen LogP contribution in [0.3, 0.4) is 0 Å². The van der Waals surface area contributed by atoms with Gasteiger partial charge in [-0.15, -0.1) is 0 Å². The molecule has 0 spiro atoms. The van der Waals surface area contributed by atoms with Crippen LogP contribution in [0.4, 0.5) is 5.82 Å². The third kappa shape index (κ3) is 4.25. The molecular formula is C12H17ClN4O. The summed E-state index contributed by atoms with van der Waals surface area (Å²) in [5.74, 6) is 0.451. The minimum Gasteiger partial charge on any atom is -0.315 e. The molecule has 1 aromatic heterocycles. The maximum Gasteiger partial charge on any atom is 0.239 e. The van der Waals surface area contributed by atoms with E-state index >= 15 is 0 Å². The second-order valence-electron chi connectivity index (χ2n) is 4.29. The second kappa shape index (κ2) is 6.68. The van der Waals surface area contributed by atoms with Gasteiger partial charge >= 0.3 is 0 Å². The summed E-state index contributed by atoms with van der Waals surface area (Å²) in [4.78, 5) is 18.0. The van der Waals surface area contributed by atoms with Gasteiger partial charge in [-0.25, -0.2) is 4.98 Å². The van der Waals surface area contributed by atoms with E-state index in [0.29, 0.717) is 17.4 Å². The van der Waals surface area contributed by atoms with E-state index in [2.05, 4.69) is 20.5 Å². The molecule has 1 fully saturated rings. The minimum absolute atomic E-state index is 0.0494. The smallest absolute Gasteiger partial charge is 0.239 e. The Hall–Kier alpha value is -1.17. The number of anilines is 1. The number of nitrogens with one attached hydrogen (secondary N) is 2. The first kappa shape index (κ1) is 13.3. The Bertz CT molecular complexity index is 405. The number of halogens is 1. The molecule has 0 radical (unpaired) electrons. The predicted octanol–water partition coefficient (Wildman–Crippen LogP) is 0.969. The summed E-state index contributed by atoms with van der Waals surface area (Å²) in [5, 5.41) is 6.63. The van der Waals surface area contributed by atoms with Gasteiger partial charge in [-0.3, -0.25) is 9.69 Å². The van der Waals surface area contributed by atoms with Gasteiger partial charge in [0.15, 0.2) is 0 Å². The van der Waals surface area contributed by atoms with Gasteiger partial charge in [0.05, 0.1) is 6.54 Å². The molecule has 0 bridgehead atoms. The molecule has 1 aliphatic rings. The summed E-state index contributed by atoms with van der Waals surface area (Å²) in [6.07, 6.45) is 2.65. The van der Waals surface area contributed by atoms with E-state index in [-0.39, 0.29) is 5.91 Å². The van der Waals surface area contributed by atoms with Gasteiger partial charge in [-0.1, -0.05) is 11.6 Å². The summed E-state index contributed by atoms with van der Waals surface area (Å²) in [7, 11) is 0. The van der Waals surface area contributed by atoms with E-state index in [0.717, 1.165) is 32.6 Å². The zero-order chi connectivity index (χ0) is 12.8. The number of pyridine rings is 1. The third-order valence-electron chi connectivity index (χ3n) is 2.79. The molecule has 1 aromatic rings. The summed E-state index contributed by atoms with van der Waals surface area (Å²) in [6, 6.07) is 3.32. The van der Waals surface area contributed by atoms with E-state index in [1.165, 1.54) is 0 Å². The largest absolute Gasteiger partial charge is 0.315 e. The van der Waals surface area contributed by atoms with Crippen molar-refractivity contribution in [2.24, 2.45) is 0 Å². The zero-order valence-electron chi connectivity index (χ0n) is 10.2. The van der Waals surface area contributed by atoms with E-state index in [4.69, 9.17) is 11.6 Å². The molecule has 98 valence electrons. The molecule has 2 heterocycles. The lowest BCUT2D eigenvalue weighted by Gasteiger charge is -2.18. The van der Waals surface area contributed by atoms with Crippen LogP contribution in [0, 0.1) is 0 Å². The predicted molar refractivity (Wildman–Crippen MR) is 71.8 cm³/mol. The van der Waals surface area contributed by atoms with Crippen molar-refractivity contribution in [2.75, 3.05) is 38.0 Å². The maximum absolute atomic E-state index is 11.8. The second-order valence-corrected chi connectivity index (χ2v) is 4.72. The van der Waals surface area contributed by atoms with Crippen molar-refractivity contribution < 1.29 is 4.79 Å². The number of hydrogen-bond acceptors (Lipinski definition) is 4. The van der Waals surface area contributed by atoms with Crippen molar-refractivity contribution in [1.29, 1.82) is 0 Å². The first-order chi connectivity index (χ1) is 8.74. The fourth-order valence-corrected chi connectivity index (χ4v) is 2.08. The van der Waals surface area contributed by atoms with Gasteiger partial charge in [0.25, 0.3) is 0 Å². The number of nitrogens with zero attached hydrogens (tertiary/aromatic N) is 2. The molecule has 1 amide bonds. The molecule has 2 N–H and O–H groups in total. The maximum atomic E-state index is 11.8. The highest BCUT2D eigenvalue weighted by Crippen LogP contribution is 2.11. The van der Waals surface area contributed by atoms with Gasteiger partial charge in [0, 0.05) is 24.3 Å². The molecule has 0 atom stereocenters. The van der Waals surface area contributed by atoms with Crippen LogP contribution in [-0.4, -0.2) is 48.5 Å². The van der Waals surface area contributed by atoms with Crippen LogP contribution in [0.1, 0.15) is 6.42 Å². The van der Waals surface area contributed by atoms with Crippen LogP contribution in [-0.2, 0) is 4.79 Å². The summed E-state index contributed by atoms with van der Waals surface area (Å²) in [6.45, 7) is 4.20. The minimum atomic E-state index is -0.0494. The van der Waals surface area contributed by atoms with Crippen LogP contribution in [0.2, 0.25) is 5.02 Å². The number of carbonyl (C=O) groups is 1. The lowest BCUT2D eigenvalue weighted by Crippen LogP contribution is -2.35. The molecule has 5 nitrogen and oxygen atoms in total. The molecule has 0 unspecified atom stereocenters. The fraction of sp³-hybridized carbons (Fsp3) is 0.500. The van der Waals surface area contributed by atoms with Crippen LogP contribution < -0.4 is 10.6 Å². The Morgan fingerprint density at radius 1 is 1.50 bits per heavy atom. The van der Waals surface area contributed by atoms with Crippen LogP contribution >= 0.6 is 11.6 Å². The quantitative estimate of drug-likeness (QED) is 0.858. The first-order valence-corrected chi connectivity index (χ1v) is 6.46. The lowest BCUT2D eigenvalue weighted by atomic mass is 10.4. The fourth-order valence-electron chi connectivity index (χ4n) is 1.92. The van der Waals surface area contributed by atoms with E-state index in [9.17, 15) is 4.79 Å². The Morgan fingerprint density at radius 2 is 2.39 bits per heavy atom. The molecule has 1 saturated heterocycles. The summed E-state index contributed by atoms with van der Waals surface area (Å²) >= 11 is 5.83. The molecule has 0 aliphatic carbocycles. The Morgan fingerprint density at radius 3 is 3.22 bits per heavy atom. The topological polar surface area (TPSA) is 57.3 Å². The lowest BCUT2D eigenvalue weighted by molar-refractivity contribution is -0.117. The first-order valence-electron chi connectivity index (χ1n) is 6.08. The number of rotatable bonds is 3. The van der Waals surface area contributed by atoms with E-state index < -0.39 is 0 Å². The standard InChI is InChI=1S/C12H17ClN4O/c13-10-2-4-15-11(8-10)16-12(18)9-17-6-1-3-14-5-7-17/h2,4,8,14H,1,3,5-7,9H2,(H,15,16,18). The number of aromatic nitrogens is 1. The average Bonchev–Trinajstić information content (AvgIpc) is 2.57. The van der Waals surface area contributed by atoms with Gasteiger partial charge < -0.3 is 10.6 Å². The molecule has 2 rings (SSSR count). The van der Waals surface area contributed by atoms with E-state index in [1.54, 1.807) is 18.3 Å². The Labute approximate surface area is 112 Å². The molecule has 0 saturated carbocycles. The van der Waals surface area contributed by atoms with Gasteiger partial charge in [0.1, 0.15) is 5.82 Å². The SMILES string of the molecule is O=C(CN1CCCNCC1)Nc1cc(Cl)ccn1. The van der Waals surface area contributed by atoms with Crippen LogP contribution in [0.5, 0.6) is 0 Å². The molecule has 0 aromatic carbocycles. The normalized spacial score (nSPS) is 17.2. The Balaban J connectivity index is 1.84. The zero-order valence-corrected chi connectivity index (χ0v) is 10.9. The summed E-state index contributed by atoms with van der Waals surface area (Å²) in [5.41, 5.74) is 0. The van der Waals surface area contributed by atoms with Crippen LogP contribution in [0.25, 0.3) is 0 Å². The number of hydrogen-bond donors (Lipinski definition) is 2. The van der Waals surface area contributed by atoms with Crippen molar-refractivity contribution in [1.82, 2.24) is 15.2 Å². The summed E-state index contributed by atoms with van der Waals surface area (Å²) < 4.78 is 0. The van der Waals surface area contributed by atoms with Gasteiger partial charge in [-0.05, 0) is 31.6 Å². The van der Waals surface area contributed by atoms with Crippen molar-refractivity contribution >= 4 is 23.3 Å². The van der Waals surface area contributed by atoms with Gasteiger partial charge in [0.2, 0.25) is 5.91 Å².